The third kappa shape index (κ3) is 4.70. The number of benzene rings is 1. The summed E-state index contributed by atoms with van der Waals surface area (Å²) in [4.78, 5) is 31.2. The second-order valence-corrected chi connectivity index (χ2v) is 9.56. The van der Waals surface area contributed by atoms with Crippen molar-refractivity contribution in [2.45, 2.75) is 32.4 Å². The van der Waals surface area contributed by atoms with Crippen LogP contribution in [0.1, 0.15) is 20.8 Å². The van der Waals surface area contributed by atoms with Crippen LogP contribution < -0.4 is 4.90 Å². The van der Waals surface area contributed by atoms with Gasteiger partial charge in [0.05, 0.1) is 28.1 Å². The van der Waals surface area contributed by atoms with Gasteiger partial charge < -0.3 is 19.6 Å². The summed E-state index contributed by atoms with van der Waals surface area (Å²) in [6.45, 7) is 5.83. The Morgan fingerprint density at radius 1 is 1.43 bits per heavy atom. The van der Waals surface area contributed by atoms with Crippen LogP contribution in [0.5, 0.6) is 0 Å². The fraction of sp³-hybridized carbons (Fsp3) is 0.474. The van der Waals surface area contributed by atoms with Gasteiger partial charge in [-0.25, -0.2) is 9.78 Å². The third-order valence-electron chi connectivity index (χ3n) is 4.69. The first-order valence-electron chi connectivity index (χ1n) is 9.29. The lowest BCUT2D eigenvalue weighted by Crippen LogP contribution is -2.57. The summed E-state index contributed by atoms with van der Waals surface area (Å²) in [5.41, 5.74) is 0.0819. The number of nitro groups is 1. The van der Waals surface area contributed by atoms with Crippen LogP contribution in [0.2, 0.25) is 5.02 Å². The van der Waals surface area contributed by atoms with Crippen molar-refractivity contribution in [1.29, 1.82) is 0 Å². The van der Waals surface area contributed by atoms with E-state index in [1.807, 2.05) is 0 Å². The van der Waals surface area contributed by atoms with E-state index in [0.717, 1.165) is 3.57 Å². The molecule has 1 fully saturated rings. The fourth-order valence-corrected chi connectivity index (χ4v) is 4.02. The number of carbonyl (C=O) groups is 1. The number of hydrogen-bond donors (Lipinski definition) is 1. The molecule has 162 valence electrons. The molecule has 0 aliphatic carbocycles. The van der Waals surface area contributed by atoms with Crippen LogP contribution in [0.15, 0.2) is 18.3 Å². The lowest BCUT2D eigenvalue weighted by molar-refractivity contribution is -0.384. The van der Waals surface area contributed by atoms with Crippen LogP contribution >= 0.6 is 34.2 Å². The molecule has 1 atom stereocenters. The Labute approximate surface area is 192 Å². The second-order valence-electron chi connectivity index (χ2n) is 7.99. The molecule has 1 aliphatic heterocycles. The van der Waals surface area contributed by atoms with Crippen LogP contribution in [0.4, 0.5) is 16.2 Å². The maximum Gasteiger partial charge on any atom is 0.410 e. The number of hydrogen-bond acceptors (Lipinski definition) is 7. The van der Waals surface area contributed by atoms with Crippen molar-refractivity contribution >= 4 is 62.6 Å². The molecule has 1 aromatic heterocycles. The minimum Gasteiger partial charge on any atom is -0.444 e. The number of ether oxygens (including phenoxy) is 1. The molecule has 9 nitrogen and oxygen atoms in total. The highest BCUT2D eigenvalue weighted by Gasteiger charge is 2.35. The van der Waals surface area contributed by atoms with Crippen LogP contribution in [0.3, 0.4) is 0 Å². The Bertz CT molecular complexity index is 997. The van der Waals surface area contributed by atoms with Crippen molar-refractivity contribution in [3.8, 4) is 0 Å². The molecule has 1 saturated heterocycles. The summed E-state index contributed by atoms with van der Waals surface area (Å²) >= 11 is 8.26. The van der Waals surface area contributed by atoms with Crippen molar-refractivity contribution in [2.75, 3.05) is 31.1 Å². The van der Waals surface area contributed by atoms with E-state index in [1.165, 1.54) is 11.1 Å². The first-order chi connectivity index (χ1) is 14.0. The standard InChI is InChI=1S/C19H22ClIN4O5/c1-19(2,3)30-18(27)23-4-5-24(11(9-23)10-26)17-12-6-14(21)13(20)7-15(12)22-8-16(17)25(28)29/h6-8,11,26H,4-5,9-10H2,1-3H3/t11-/m1/s1. The van der Waals surface area contributed by atoms with Crippen LogP contribution in [0, 0.1) is 13.7 Å². The molecule has 0 saturated carbocycles. The molecular formula is C19H22ClIN4O5. The second kappa shape index (κ2) is 8.67. The van der Waals surface area contributed by atoms with Gasteiger partial charge in [0, 0.05) is 28.6 Å². The largest absolute Gasteiger partial charge is 0.444 e. The van der Waals surface area contributed by atoms with Gasteiger partial charge in [0.25, 0.3) is 0 Å². The zero-order valence-corrected chi connectivity index (χ0v) is 19.7. The SMILES string of the molecule is CC(C)(C)OC(=O)N1CCN(c2c([N+](=O)[O-])cnc3cc(Cl)c(I)cc23)[C@@H](CO)C1. The van der Waals surface area contributed by atoms with E-state index in [4.69, 9.17) is 16.3 Å². The van der Waals surface area contributed by atoms with Gasteiger partial charge in [-0.1, -0.05) is 11.6 Å². The topological polar surface area (TPSA) is 109 Å². The average molecular weight is 549 g/mol. The molecule has 1 aliphatic rings. The zero-order chi connectivity index (χ0) is 22.2. The molecule has 1 aromatic carbocycles. The van der Waals surface area contributed by atoms with Crippen molar-refractivity contribution < 1.29 is 19.6 Å². The third-order valence-corrected chi connectivity index (χ3v) is 6.22. The van der Waals surface area contributed by atoms with E-state index < -0.39 is 22.7 Å². The van der Waals surface area contributed by atoms with Gasteiger partial charge in [0.1, 0.15) is 17.5 Å². The van der Waals surface area contributed by atoms with E-state index >= 15 is 0 Å². The lowest BCUT2D eigenvalue weighted by atomic mass is 10.1. The van der Waals surface area contributed by atoms with E-state index in [-0.39, 0.29) is 18.8 Å². The van der Waals surface area contributed by atoms with Crippen LogP contribution in [-0.2, 0) is 4.74 Å². The van der Waals surface area contributed by atoms with Gasteiger partial charge in [0.2, 0.25) is 0 Å². The molecule has 1 amide bonds. The van der Waals surface area contributed by atoms with Crippen molar-refractivity contribution in [3.05, 3.63) is 37.0 Å². The quantitative estimate of drug-likeness (QED) is 0.353. The molecular weight excluding hydrogens is 527 g/mol. The number of nitrogens with zero attached hydrogens (tertiary/aromatic N) is 4. The summed E-state index contributed by atoms with van der Waals surface area (Å²) in [6.07, 6.45) is 0.728. The number of pyridine rings is 1. The summed E-state index contributed by atoms with van der Waals surface area (Å²) < 4.78 is 6.16. The smallest absolute Gasteiger partial charge is 0.410 e. The van der Waals surface area contributed by atoms with Gasteiger partial charge in [-0.2, -0.15) is 0 Å². The molecule has 0 spiro atoms. The summed E-state index contributed by atoms with van der Waals surface area (Å²) in [5.74, 6) is 0. The summed E-state index contributed by atoms with van der Waals surface area (Å²) in [6, 6.07) is 2.88. The highest BCUT2D eigenvalue weighted by molar-refractivity contribution is 14.1. The molecule has 1 N–H and O–H groups in total. The van der Waals surface area contributed by atoms with Gasteiger partial charge in [-0.15, -0.1) is 0 Å². The number of amides is 1. The number of fused-ring (bicyclic) bond motifs is 1. The van der Waals surface area contributed by atoms with E-state index in [9.17, 15) is 20.0 Å². The first-order valence-corrected chi connectivity index (χ1v) is 10.7. The Morgan fingerprint density at radius 2 is 2.13 bits per heavy atom. The fourth-order valence-electron chi connectivity index (χ4n) is 3.40. The number of aromatic nitrogens is 1. The number of aliphatic hydroxyl groups excluding tert-OH is 1. The molecule has 0 unspecified atom stereocenters. The summed E-state index contributed by atoms with van der Waals surface area (Å²) in [5, 5.41) is 22.8. The minimum atomic E-state index is -0.640. The first kappa shape index (κ1) is 22.8. The number of anilines is 1. The molecule has 2 heterocycles. The minimum absolute atomic E-state index is 0.162. The van der Waals surface area contributed by atoms with E-state index in [0.29, 0.717) is 34.7 Å². The number of carbonyl (C=O) groups excluding carboxylic acids is 1. The number of rotatable bonds is 3. The zero-order valence-electron chi connectivity index (χ0n) is 16.8. The van der Waals surface area contributed by atoms with Crippen LogP contribution in [-0.4, -0.2) is 63.9 Å². The number of aliphatic hydroxyl groups is 1. The van der Waals surface area contributed by atoms with Crippen LogP contribution in [0.25, 0.3) is 10.9 Å². The highest BCUT2D eigenvalue weighted by atomic mass is 127. The number of halogens is 2. The van der Waals surface area contributed by atoms with E-state index in [2.05, 4.69) is 27.6 Å². The van der Waals surface area contributed by atoms with E-state index in [1.54, 1.807) is 37.8 Å². The van der Waals surface area contributed by atoms with Gasteiger partial charge in [-0.05, 0) is 55.5 Å². The molecule has 11 heteroatoms. The Hall–Kier alpha value is -1.92. The average Bonchev–Trinajstić information content (AvgIpc) is 2.66. The predicted molar refractivity (Wildman–Crippen MR) is 122 cm³/mol. The highest BCUT2D eigenvalue weighted by Crippen LogP contribution is 2.39. The van der Waals surface area contributed by atoms with Gasteiger partial charge >= 0.3 is 11.8 Å². The van der Waals surface area contributed by atoms with Gasteiger partial charge in [0.15, 0.2) is 0 Å². The van der Waals surface area contributed by atoms with Gasteiger partial charge in [-0.3, -0.25) is 10.1 Å². The Balaban J connectivity index is 2.02. The van der Waals surface area contributed by atoms with Crippen molar-refractivity contribution in [2.24, 2.45) is 0 Å². The molecule has 2 aromatic rings. The number of piperazine rings is 1. The maximum atomic E-state index is 12.5. The van der Waals surface area contributed by atoms with Crippen molar-refractivity contribution in [1.82, 2.24) is 9.88 Å². The molecule has 30 heavy (non-hydrogen) atoms. The molecule has 0 radical (unpaired) electrons. The normalized spacial score (nSPS) is 17.3. The Morgan fingerprint density at radius 3 is 2.73 bits per heavy atom. The lowest BCUT2D eigenvalue weighted by Gasteiger charge is -2.42. The Kier molecular flexibility index (Phi) is 6.58. The monoisotopic (exact) mass is 548 g/mol. The molecule has 3 rings (SSSR count). The van der Waals surface area contributed by atoms with Crippen molar-refractivity contribution in [3.63, 3.8) is 0 Å². The maximum absolute atomic E-state index is 12.5. The summed E-state index contributed by atoms with van der Waals surface area (Å²) in [7, 11) is 0. The molecule has 0 bridgehead atoms. The predicted octanol–water partition coefficient (Wildman–Crippen LogP) is 3.82.